The number of aryl methyl sites for hydroxylation is 2. The number of nitrogen functional groups attached to an aromatic ring is 1. The molecule has 0 bridgehead atoms. The van der Waals surface area contributed by atoms with Gasteiger partial charge >= 0.3 is 6.18 Å². The molecule has 2 heterocycles. The van der Waals surface area contributed by atoms with Crippen LogP contribution in [0.1, 0.15) is 27.5 Å². The molecule has 0 aliphatic carbocycles. The lowest BCUT2D eigenvalue weighted by Gasteiger charge is -2.07. The number of rotatable bonds is 3. The number of nitrogens with zero attached hydrogens (tertiary/aromatic N) is 1. The van der Waals surface area contributed by atoms with Crippen molar-refractivity contribution < 1.29 is 18.0 Å². The Kier molecular flexibility index (Phi) is 4.08. The molecule has 0 saturated carbocycles. The average molecular weight is 317 g/mol. The van der Waals surface area contributed by atoms with Crippen molar-refractivity contribution in [3.05, 3.63) is 22.3 Å². The fourth-order valence-electron chi connectivity index (χ4n) is 2.05. The van der Waals surface area contributed by atoms with Crippen LogP contribution < -0.4 is 11.1 Å². The molecule has 0 aliphatic rings. The number of halogens is 3. The normalized spacial score (nSPS) is 11.9. The first-order chi connectivity index (χ1) is 9.69. The Labute approximate surface area is 123 Å². The summed E-state index contributed by atoms with van der Waals surface area (Å²) < 4.78 is 37.0. The van der Waals surface area contributed by atoms with Gasteiger partial charge in [0.25, 0.3) is 5.91 Å². The molecule has 0 spiro atoms. The minimum Gasteiger partial charge on any atom is -0.397 e. The molecule has 0 atom stereocenters. The molecule has 2 rings (SSSR count). The first-order valence-corrected chi connectivity index (χ1v) is 7.02. The van der Waals surface area contributed by atoms with Crippen molar-refractivity contribution in [3.8, 4) is 0 Å². The van der Waals surface area contributed by atoms with Crippen LogP contribution in [0.15, 0.2) is 6.07 Å². The zero-order chi connectivity index (χ0) is 15.8. The van der Waals surface area contributed by atoms with Crippen molar-refractivity contribution in [2.75, 3.05) is 12.3 Å². The van der Waals surface area contributed by atoms with Crippen molar-refractivity contribution in [2.24, 2.45) is 0 Å². The van der Waals surface area contributed by atoms with Crippen LogP contribution in [-0.4, -0.2) is 23.6 Å². The van der Waals surface area contributed by atoms with E-state index >= 15 is 0 Å². The summed E-state index contributed by atoms with van der Waals surface area (Å²) in [6, 6.07) is 1.80. The second kappa shape index (κ2) is 5.51. The third kappa shape index (κ3) is 3.44. The summed E-state index contributed by atoms with van der Waals surface area (Å²) in [6.45, 7) is 3.14. The van der Waals surface area contributed by atoms with Gasteiger partial charge in [-0.25, -0.2) is 0 Å². The third-order valence-electron chi connectivity index (χ3n) is 2.92. The minimum atomic E-state index is -4.30. The predicted octanol–water partition coefficient (Wildman–Crippen LogP) is 3.18. The van der Waals surface area contributed by atoms with E-state index in [0.29, 0.717) is 11.1 Å². The van der Waals surface area contributed by atoms with Gasteiger partial charge in [-0.1, -0.05) is 0 Å². The Bertz CT molecular complexity index is 694. The second-order valence-corrected chi connectivity index (χ2v) is 5.74. The fourth-order valence-corrected chi connectivity index (χ4v) is 3.23. The quantitative estimate of drug-likeness (QED) is 0.913. The first kappa shape index (κ1) is 15.6. The standard InChI is InChI=1S/C13H14F3N3OS/c1-6-5-8-9(7(2)19-6)10(17)11(21-8)12(20)18-4-3-13(14,15)16/h5H,3-4,17H2,1-2H3,(H,18,20). The van der Waals surface area contributed by atoms with Crippen LogP contribution >= 0.6 is 11.3 Å². The highest BCUT2D eigenvalue weighted by Crippen LogP contribution is 2.35. The number of carbonyl (C=O) groups excluding carboxylic acids is 1. The molecular weight excluding hydrogens is 303 g/mol. The largest absolute Gasteiger partial charge is 0.397 e. The molecule has 0 saturated heterocycles. The number of amides is 1. The van der Waals surface area contributed by atoms with E-state index in [1.165, 1.54) is 0 Å². The topological polar surface area (TPSA) is 68.0 Å². The van der Waals surface area contributed by atoms with Crippen LogP contribution in [-0.2, 0) is 0 Å². The van der Waals surface area contributed by atoms with Gasteiger partial charge in [-0.3, -0.25) is 9.78 Å². The Hall–Kier alpha value is -1.83. The minimum absolute atomic E-state index is 0.225. The molecule has 2 aromatic heterocycles. The summed E-state index contributed by atoms with van der Waals surface area (Å²) in [5.74, 6) is -0.588. The van der Waals surface area contributed by atoms with Crippen molar-refractivity contribution in [1.82, 2.24) is 10.3 Å². The van der Waals surface area contributed by atoms with Gasteiger partial charge in [-0.15, -0.1) is 11.3 Å². The van der Waals surface area contributed by atoms with Crippen LogP contribution in [0.5, 0.6) is 0 Å². The van der Waals surface area contributed by atoms with Crippen LogP contribution in [0.4, 0.5) is 18.9 Å². The molecule has 0 aliphatic heterocycles. The molecule has 3 N–H and O–H groups in total. The first-order valence-electron chi connectivity index (χ1n) is 6.20. The monoisotopic (exact) mass is 317 g/mol. The van der Waals surface area contributed by atoms with Gasteiger partial charge in [0, 0.05) is 28.0 Å². The maximum Gasteiger partial charge on any atom is 0.390 e. The Morgan fingerprint density at radius 1 is 1.43 bits per heavy atom. The van der Waals surface area contributed by atoms with Crippen molar-refractivity contribution >= 4 is 33.0 Å². The summed E-state index contributed by atoms with van der Waals surface area (Å²) in [5, 5.41) is 2.93. The Morgan fingerprint density at radius 3 is 2.71 bits per heavy atom. The van der Waals surface area contributed by atoms with Crippen LogP contribution in [0.25, 0.3) is 10.1 Å². The van der Waals surface area contributed by atoms with Gasteiger partial charge in [-0.05, 0) is 19.9 Å². The van der Waals surface area contributed by atoms with E-state index in [-0.39, 0.29) is 10.6 Å². The highest BCUT2D eigenvalue weighted by atomic mass is 32.1. The van der Waals surface area contributed by atoms with E-state index < -0.39 is 25.0 Å². The molecular formula is C13H14F3N3OS. The molecule has 0 unspecified atom stereocenters. The molecule has 1 amide bonds. The highest BCUT2D eigenvalue weighted by Gasteiger charge is 2.27. The number of anilines is 1. The van der Waals surface area contributed by atoms with Gasteiger partial charge in [0.1, 0.15) is 4.88 Å². The smallest absolute Gasteiger partial charge is 0.390 e. The number of hydrogen-bond acceptors (Lipinski definition) is 4. The molecule has 0 fully saturated rings. The van der Waals surface area contributed by atoms with Gasteiger partial charge in [-0.2, -0.15) is 13.2 Å². The number of alkyl halides is 3. The number of hydrogen-bond donors (Lipinski definition) is 2. The van der Waals surface area contributed by atoms with Crippen LogP contribution in [0.3, 0.4) is 0 Å². The summed E-state index contributed by atoms with van der Waals surface area (Å²) in [7, 11) is 0. The van der Waals surface area contributed by atoms with Crippen LogP contribution in [0, 0.1) is 13.8 Å². The summed E-state index contributed by atoms with van der Waals surface area (Å²) >= 11 is 1.16. The number of fused-ring (bicyclic) bond motifs is 1. The van der Waals surface area contributed by atoms with Crippen LogP contribution in [0.2, 0.25) is 0 Å². The van der Waals surface area contributed by atoms with E-state index in [1.54, 1.807) is 13.0 Å². The van der Waals surface area contributed by atoms with Gasteiger partial charge < -0.3 is 11.1 Å². The van der Waals surface area contributed by atoms with E-state index in [9.17, 15) is 18.0 Å². The number of carbonyl (C=O) groups is 1. The van der Waals surface area contributed by atoms with Gasteiger partial charge in [0.05, 0.1) is 12.1 Å². The number of nitrogens with two attached hydrogens (primary N) is 1. The fraction of sp³-hybridized carbons (Fsp3) is 0.385. The number of pyridine rings is 1. The Balaban J connectivity index is 2.24. The zero-order valence-corrected chi connectivity index (χ0v) is 12.3. The van der Waals surface area contributed by atoms with E-state index in [2.05, 4.69) is 10.3 Å². The highest BCUT2D eigenvalue weighted by molar-refractivity contribution is 7.21. The Morgan fingerprint density at radius 2 is 2.10 bits per heavy atom. The lowest BCUT2D eigenvalue weighted by atomic mass is 10.2. The number of aromatic nitrogens is 1. The van der Waals surface area contributed by atoms with Gasteiger partial charge in [0.15, 0.2) is 0 Å². The third-order valence-corrected chi connectivity index (χ3v) is 4.07. The summed E-state index contributed by atoms with van der Waals surface area (Å²) in [4.78, 5) is 16.4. The summed E-state index contributed by atoms with van der Waals surface area (Å²) in [6.07, 6.45) is -5.36. The lowest BCUT2D eigenvalue weighted by Crippen LogP contribution is -2.27. The average Bonchev–Trinajstić information content (AvgIpc) is 2.64. The van der Waals surface area contributed by atoms with E-state index in [0.717, 1.165) is 21.7 Å². The molecule has 21 heavy (non-hydrogen) atoms. The molecule has 0 aromatic carbocycles. The molecule has 2 aromatic rings. The lowest BCUT2D eigenvalue weighted by molar-refractivity contribution is -0.132. The molecule has 8 heteroatoms. The van der Waals surface area contributed by atoms with Crippen molar-refractivity contribution in [1.29, 1.82) is 0 Å². The SMILES string of the molecule is Cc1cc2sc(C(=O)NCCC(F)(F)F)c(N)c2c(C)n1. The maximum absolute atomic E-state index is 12.1. The molecule has 114 valence electrons. The maximum atomic E-state index is 12.1. The second-order valence-electron chi connectivity index (χ2n) is 4.69. The van der Waals surface area contributed by atoms with Gasteiger partial charge in [0.2, 0.25) is 0 Å². The predicted molar refractivity (Wildman–Crippen MR) is 76.5 cm³/mol. The number of nitrogens with one attached hydrogen (secondary N) is 1. The van der Waals surface area contributed by atoms with E-state index in [4.69, 9.17) is 5.73 Å². The molecule has 0 radical (unpaired) electrons. The van der Waals surface area contributed by atoms with Crippen molar-refractivity contribution in [2.45, 2.75) is 26.4 Å². The molecule has 4 nitrogen and oxygen atoms in total. The number of thiophene rings is 1. The van der Waals surface area contributed by atoms with E-state index in [1.807, 2.05) is 6.92 Å². The zero-order valence-electron chi connectivity index (χ0n) is 11.5. The van der Waals surface area contributed by atoms with Crippen molar-refractivity contribution in [3.63, 3.8) is 0 Å². The summed E-state index contributed by atoms with van der Waals surface area (Å²) in [5.41, 5.74) is 7.70.